The van der Waals surface area contributed by atoms with Gasteiger partial charge in [0.15, 0.2) is 5.75 Å². The summed E-state index contributed by atoms with van der Waals surface area (Å²) in [6.45, 7) is 3.67. The van der Waals surface area contributed by atoms with Crippen molar-refractivity contribution in [2.75, 3.05) is 56.2 Å². The van der Waals surface area contributed by atoms with E-state index in [0.717, 1.165) is 50.9 Å². The van der Waals surface area contributed by atoms with Crippen molar-refractivity contribution in [1.29, 1.82) is 0 Å². The van der Waals surface area contributed by atoms with Crippen molar-refractivity contribution in [3.63, 3.8) is 0 Å². The minimum Gasteiger partial charge on any atom is -0.508 e. The molecule has 0 spiro atoms. The van der Waals surface area contributed by atoms with E-state index in [1.807, 2.05) is 6.07 Å². The molecule has 1 aliphatic heterocycles. The van der Waals surface area contributed by atoms with Crippen molar-refractivity contribution in [1.82, 2.24) is 4.90 Å². The number of hydrogen-bond donors (Lipinski definition) is 1. The largest absolute Gasteiger partial charge is 0.573 e. The molecule has 2 aliphatic rings. The van der Waals surface area contributed by atoms with Gasteiger partial charge < -0.3 is 24.4 Å². The Morgan fingerprint density at radius 3 is 2.41 bits per heavy atom. The first-order chi connectivity index (χ1) is 17.7. The number of piperazine rings is 1. The minimum absolute atomic E-state index is 0.134. The number of phenolic OH excluding ortho intramolecular Hbond substituents is 1. The van der Waals surface area contributed by atoms with Gasteiger partial charge in [-0.1, -0.05) is 31.4 Å². The number of anilines is 2. The summed E-state index contributed by atoms with van der Waals surface area (Å²) >= 11 is 0. The maximum absolute atomic E-state index is 13.6. The lowest BCUT2D eigenvalue weighted by molar-refractivity contribution is -0.274. The molecule has 2 fully saturated rings. The first kappa shape index (κ1) is 26.9. The third-order valence-electron chi connectivity index (χ3n) is 7.12. The van der Waals surface area contributed by atoms with Crippen LogP contribution in [-0.4, -0.2) is 68.7 Å². The summed E-state index contributed by atoms with van der Waals surface area (Å²) in [5.41, 5.74) is 1.05. The Morgan fingerprint density at radius 2 is 1.73 bits per heavy atom. The Hall–Kier alpha value is -3.14. The van der Waals surface area contributed by atoms with E-state index in [-0.39, 0.29) is 35.6 Å². The van der Waals surface area contributed by atoms with E-state index in [1.165, 1.54) is 23.1 Å². The van der Waals surface area contributed by atoms with E-state index >= 15 is 0 Å². The molecular weight excluding hydrogens is 487 g/mol. The third kappa shape index (κ3) is 7.00. The van der Waals surface area contributed by atoms with Crippen LogP contribution in [0.3, 0.4) is 0 Å². The lowest BCUT2D eigenvalue weighted by Crippen LogP contribution is -2.49. The van der Waals surface area contributed by atoms with Crippen molar-refractivity contribution in [2.24, 2.45) is 5.92 Å². The number of phenols is 1. The number of rotatable bonds is 8. The topological polar surface area (TPSA) is 65.5 Å². The maximum atomic E-state index is 13.6. The van der Waals surface area contributed by atoms with Crippen LogP contribution in [0.2, 0.25) is 0 Å². The molecule has 1 saturated heterocycles. The predicted octanol–water partition coefficient (Wildman–Crippen LogP) is 5.03. The van der Waals surface area contributed by atoms with Gasteiger partial charge in [0.25, 0.3) is 0 Å². The average Bonchev–Trinajstić information content (AvgIpc) is 2.89. The molecule has 1 saturated carbocycles. The van der Waals surface area contributed by atoms with Gasteiger partial charge in [0.05, 0.1) is 18.5 Å². The molecular formula is C27H34F3N3O4. The number of amides is 1. The Labute approximate surface area is 215 Å². The van der Waals surface area contributed by atoms with E-state index in [9.17, 15) is 23.1 Å². The van der Waals surface area contributed by atoms with E-state index in [1.54, 1.807) is 25.3 Å². The summed E-state index contributed by atoms with van der Waals surface area (Å²) in [4.78, 5) is 19.4. The SMILES string of the molecule is COc1cc(O)ccc1N1CCN(CCN(C(=O)C2CCCCC2)c2ccccc2OC(F)(F)F)CC1. The summed E-state index contributed by atoms with van der Waals surface area (Å²) in [7, 11) is 1.56. The molecule has 1 heterocycles. The fourth-order valence-electron chi connectivity index (χ4n) is 5.19. The van der Waals surface area contributed by atoms with Crippen molar-refractivity contribution in [2.45, 2.75) is 38.5 Å². The Balaban J connectivity index is 1.46. The number of aromatic hydroxyl groups is 1. The van der Waals surface area contributed by atoms with Gasteiger partial charge in [-0.15, -0.1) is 13.2 Å². The van der Waals surface area contributed by atoms with Crippen LogP contribution in [0, 0.1) is 5.92 Å². The number of carbonyl (C=O) groups is 1. The highest BCUT2D eigenvalue weighted by atomic mass is 19.4. The first-order valence-corrected chi connectivity index (χ1v) is 12.8. The molecule has 2 aromatic rings. The lowest BCUT2D eigenvalue weighted by Gasteiger charge is -2.38. The quantitative estimate of drug-likeness (QED) is 0.526. The first-order valence-electron chi connectivity index (χ1n) is 12.8. The number of para-hydroxylation sites is 2. The number of methoxy groups -OCH3 is 1. The predicted molar refractivity (Wildman–Crippen MR) is 135 cm³/mol. The second-order valence-corrected chi connectivity index (χ2v) is 9.53. The van der Waals surface area contributed by atoms with Crippen LogP contribution in [0.25, 0.3) is 0 Å². The van der Waals surface area contributed by atoms with Gasteiger partial charge in [-0.2, -0.15) is 0 Å². The van der Waals surface area contributed by atoms with Crippen LogP contribution < -0.4 is 19.3 Å². The molecule has 0 atom stereocenters. The molecule has 202 valence electrons. The van der Waals surface area contributed by atoms with Crippen LogP contribution >= 0.6 is 0 Å². The van der Waals surface area contributed by atoms with Crippen LogP contribution in [0.1, 0.15) is 32.1 Å². The molecule has 2 aromatic carbocycles. The highest BCUT2D eigenvalue weighted by molar-refractivity contribution is 5.96. The molecule has 10 heteroatoms. The van der Waals surface area contributed by atoms with Gasteiger partial charge in [0, 0.05) is 51.3 Å². The van der Waals surface area contributed by atoms with E-state index in [4.69, 9.17) is 4.74 Å². The van der Waals surface area contributed by atoms with E-state index in [0.29, 0.717) is 25.4 Å². The molecule has 1 N–H and O–H groups in total. The van der Waals surface area contributed by atoms with Crippen LogP contribution in [-0.2, 0) is 4.79 Å². The molecule has 0 aromatic heterocycles. The van der Waals surface area contributed by atoms with Gasteiger partial charge in [-0.05, 0) is 37.1 Å². The fourth-order valence-corrected chi connectivity index (χ4v) is 5.19. The number of benzene rings is 2. The molecule has 37 heavy (non-hydrogen) atoms. The number of ether oxygens (including phenoxy) is 2. The minimum atomic E-state index is -4.85. The van der Waals surface area contributed by atoms with E-state index < -0.39 is 6.36 Å². The number of carbonyl (C=O) groups excluding carboxylic acids is 1. The molecule has 7 nitrogen and oxygen atoms in total. The summed E-state index contributed by atoms with van der Waals surface area (Å²) < 4.78 is 49.0. The smallest absolute Gasteiger partial charge is 0.508 e. The number of hydrogen-bond acceptors (Lipinski definition) is 6. The van der Waals surface area contributed by atoms with Crippen molar-refractivity contribution < 1.29 is 32.5 Å². The summed E-state index contributed by atoms with van der Waals surface area (Å²) in [5, 5.41) is 9.74. The fraction of sp³-hybridized carbons (Fsp3) is 0.519. The van der Waals surface area contributed by atoms with Gasteiger partial charge in [0.2, 0.25) is 5.91 Å². The van der Waals surface area contributed by atoms with Gasteiger partial charge in [-0.3, -0.25) is 9.69 Å². The normalized spacial score (nSPS) is 17.5. The summed E-state index contributed by atoms with van der Waals surface area (Å²) in [6, 6.07) is 10.9. The van der Waals surface area contributed by atoms with Crippen molar-refractivity contribution >= 4 is 17.3 Å². The zero-order valence-electron chi connectivity index (χ0n) is 21.0. The standard InChI is InChI=1S/C27H34F3N3O4/c1-36-25-19-21(34)11-12-22(25)32-16-13-31(14-17-32)15-18-33(26(35)20-7-3-2-4-8-20)23-9-5-6-10-24(23)37-27(28,29)30/h5-6,9-12,19-20,34H,2-4,7-8,13-18H2,1H3. The third-order valence-corrected chi connectivity index (χ3v) is 7.12. The monoisotopic (exact) mass is 521 g/mol. The van der Waals surface area contributed by atoms with Crippen LogP contribution in [0.5, 0.6) is 17.2 Å². The highest BCUT2D eigenvalue weighted by Crippen LogP contribution is 2.36. The van der Waals surface area contributed by atoms with Crippen molar-refractivity contribution in [3.05, 3.63) is 42.5 Å². The van der Waals surface area contributed by atoms with Crippen molar-refractivity contribution in [3.8, 4) is 17.2 Å². The summed E-state index contributed by atoms with van der Waals surface area (Å²) in [6.07, 6.45) is -0.355. The number of alkyl halides is 3. The van der Waals surface area contributed by atoms with Gasteiger partial charge in [-0.25, -0.2) is 0 Å². The van der Waals surface area contributed by atoms with Crippen LogP contribution in [0.4, 0.5) is 24.5 Å². The Bertz CT molecular complexity index is 1050. The zero-order valence-corrected chi connectivity index (χ0v) is 21.0. The number of nitrogens with zero attached hydrogens (tertiary/aromatic N) is 3. The van der Waals surface area contributed by atoms with Gasteiger partial charge >= 0.3 is 6.36 Å². The second-order valence-electron chi connectivity index (χ2n) is 9.53. The Kier molecular flexibility index (Phi) is 8.68. The lowest BCUT2D eigenvalue weighted by atomic mass is 9.88. The molecule has 0 radical (unpaired) electrons. The Morgan fingerprint density at radius 1 is 1.03 bits per heavy atom. The molecule has 0 bridgehead atoms. The molecule has 4 rings (SSSR count). The van der Waals surface area contributed by atoms with E-state index in [2.05, 4.69) is 14.5 Å². The molecule has 1 aliphatic carbocycles. The summed E-state index contributed by atoms with van der Waals surface area (Å²) in [5.74, 6) is 0.0519. The highest BCUT2D eigenvalue weighted by Gasteiger charge is 2.35. The number of halogens is 3. The maximum Gasteiger partial charge on any atom is 0.573 e. The zero-order chi connectivity index (χ0) is 26.4. The molecule has 0 unspecified atom stereocenters. The van der Waals surface area contributed by atoms with Crippen LogP contribution in [0.15, 0.2) is 42.5 Å². The van der Waals surface area contributed by atoms with Gasteiger partial charge in [0.1, 0.15) is 11.5 Å². The second kappa shape index (κ2) is 11.9. The molecule has 1 amide bonds. The average molecular weight is 522 g/mol.